The third-order valence-corrected chi connectivity index (χ3v) is 2.36. The molecule has 0 amide bonds. The lowest BCUT2D eigenvalue weighted by molar-refractivity contribution is 0.671. The van der Waals surface area contributed by atoms with E-state index in [2.05, 4.69) is 17.3 Å². The number of nitrogens with one attached hydrogen (secondary N) is 1. The highest BCUT2D eigenvalue weighted by molar-refractivity contribution is 6.31. The third-order valence-electron chi connectivity index (χ3n) is 1.87. The molecule has 3 nitrogen and oxygen atoms in total. The fraction of sp³-hybridized carbons (Fsp3) is 0.625. The van der Waals surface area contributed by atoms with Crippen molar-refractivity contribution < 1.29 is 0 Å². The molecular weight excluding hydrogens is 174 g/mol. The van der Waals surface area contributed by atoms with Crippen molar-refractivity contribution >= 4 is 11.6 Å². The first-order valence-electron chi connectivity index (χ1n) is 4.05. The summed E-state index contributed by atoms with van der Waals surface area (Å²) in [6.07, 6.45) is 0. The Bertz CT molecular complexity index is 268. The van der Waals surface area contributed by atoms with Crippen LogP contribution in [0.1, 0.15) is 18.3 Å². The minimum Gasteiger partial charge on any atom is -0.311 e. The highest BCUT2D eigenvalue weighted by Gasteiger charge is 2.08. The van der Waals surface area contributed by atoms with Crippen LogP contribution in [0.2, 0.25) is 5.02 Å². The molecule has 0 saturated carbocycles. The van der Waals surface area contributed by atoms with E-state index in [4.69, 9.17) is 11.6 Å². The van der Waals surface area contributed by atoms with Crippen LogP contribution in [0.5, 0.6) is 0 Å². The maximum absolute atomic E-state index is 6.03. The zero-order valence-electron chi connectivity index (χ0n) is 7.69. The van der Waals surface area contributed by atoms with Gasteiger partial charge in [-0.05, 0) is 13.5 Å². The molecule has 0 spiro atoms. The summed E-state index contributed by atoms with van der Waals surface area (Å²) in [7, 11) is 1.90. The van der Waals surface area contributed by atoms with Crippen LogP contribution in [-0.2, 0) is 13.6 Å². The number of rotatable bonds is 3. The van der Waals surface area contributed by atoms with Gasteiger partial charge >= 0.3 is 0 Å². The monoisotopic (exact) mass is 187 g/mol. The van der Waals surface area contributed by atoms with Gasteiger partial charge in [0.1, 0.15) is 0 Å². The number of halogens is 1. The molecule has 1 rings (SSSR count). The molecule has 0 aliphatic carbocycles. The van der Waals surface area contributed by atoms with E-state index in [9.17, 15) is 0 Å². The van der Waals surface area contributed by atoms with Crippen LogP contribution < -0.4 is 5.32 Å². The van der Waals surface area contributed by atoms with Crippen molar-refractivity contribution in [2.45, 2.75) is 20.4 Å². The molecule has 0 unspecified atom stereocenters. The van der Waals surface area contributed by atoms with Gasteiger partial charge in [-0.3, -0.25) is 4.68 Å². The van der Waals surface area contributed by atoms with Crippen LogP contribution >= 0.6 is 11.6 Å². The summed E-state index contributed by atoms with van der Waals surface area (Å²) >= 11 is 6.03. The van der Waals surface area contributed by atoms with Crippen molar-refractivity contribution in [3.8, 4) is 0 Å². The van der Waals surface area contributed by atoms with E-state index in [0.717, 1.165) is 29.5 Å². The second kappa shape index (κ2) is 3.92. The zero-order valence-corrected chi connectivity index (χ0v) is 8.44. The molecule has 0 bridgehead atoms. The Labute approximate surface area is 77.7 Å². The number of hydrogen-bond donors (Lipinski definition) is 1. The molecule has 0 aliphatic heterocycles. The Kier molecular flexibility index (Phi) is 3.12. The number of hydrogen-bond acceptors (Lipinski definition) is 2. The molecule has 0 atom stereocenters. The predicted octanol–water partition coefficient (Wildman–Crippen LogP) is 1.49. The lowest BCUT2D eigenvalue weighted by atomic mass is 10.3. The van der Waals surface area contributed by atoms with Crippen molar-refractivity contribution in [3.63, 3.8) is 0 Å². The van der Waals surface area contributed by atoms with Crippen LogP contribution in [-0.4, -0.2) is 16.3 Å². The Hall–Kier alpha value is -0.540. The van der Waals surface area contributed by atoms with Crippen molar-refractivity contribution in [2.75, 3.05) is 6.54 Å². The zero-order chi connectivity index (χ0) is 9.14. The largest absolute Gasteiger partial charge is 0.311 e. The summed E-state index contributed by atoms with van der Waals surface area (Å²) < 4.78 is 1.80. The fourth-order valence-corrected chi connectivity index (χ4v) is 1.23. The van der Waals surface area contributed by atoms with E-state index in [1.807, 2.05) is 14.0 Å². The van der Waals surface area contributed by atoms with E-state index >= 15 is 0 Å². The summed E-state index contributed by atoms with van der Waals surface area (Å²) in [5, 5.41) is 8.23. The van der Waals surface area contributed by atoms with Crippen molar-refractivity contribution in [1.29, 1.82) is 0 Å². The van der Waals surface area contributed by atoms with Crippen LogP contribution in [0.4, 0.5) is 0 Å². The van der Waals surface area contributed by atoms with Crippen LogP contribution in [0.3, 0.4) is 0 Å². The van der Waals surface area contributed by atoms with E-state index < -0.39 is 0 Å². The Morgan fingerprint density at radius 3 is 2.67 bits per heavy atom. The van der Waals surface area contributed by atoms with E-state index in [-0.39, 0.29) is 0 Å². The summed E-state index contributed by atoms with van der Waals surface area (Å²) in [4.78, 5) is 0. The molecule has 1 heterocycles. The topological polar surface area (TPSA) is 29.9 Å². The fourth-order valence-electron chi connectivity index (χ4n) is 1.01. The molecule has 1 aromatic heterocycles. The quantitative estimate of drug-likeness (QED) is 0.777. The van der Waals surface area contributed by atoms with Crippen LogP contribution in [0.25, 0.3) is 0 Å². The van der Waals surface area contributed by atoms with Gasteiger partial charge in [0.2, 0.25) is 0 Å². The molecule has 0 fully saturated rings. The maximum atomic E-state index is 6.03. The molecule has 0 radical (unpaired) electrons. The molecule has 4 heteroatoms. The number of aromatic nitrogens is 2. The second-order valence-electron chi connectivity index (χ2n) is 2.75. The Morgan fingerprint density at radius 2 is 2.25 bits per heavy atom. The van der Waals surface area contributed by atoms with Crippen molar-refractivity contribution in [3.05, 3.63) is 16.4 Å². The summed E-state index contributed by atoms with van der Waals surface area (Å²) in [6, 6.07) is 0. The first-order chi connectivity index (χ1) is 5.66. The van der Waals surface area contributed by atoms with Gasteiger partial charge < -0.3 is 5.32 Å². The molecule has 0 saturated heterocycles. The SMILES string of the molecule is CCNCc1nn(C)c(C)c1Cl. The average Bonchev–Trinajstić information content (AvgIpc) is 2.30. The van der Waals surface area contributed by atoms with Gasteiger partial charge in [-0.25, -0.2) is 0 Å². The Morgan fingerprint density at radius 1 is 1.58 bits per heavy atom. The predicted molar refractivity (Wildman–Crippen MR) is 50.3 cm³/mol. The highest BCUT2D eigenvalue weighted by Crippen LogP contribution is 2.18. The highest BCUT2D eigenvalue weighted by atomic mass is 35.5. The average molecular weight is 188 g/mol. The molecule has 12 heavy (non-hydrogen) atoms. The van der Waals surface area contributed by atoms with Gasteiger partial charge in [-0.15, -0.1) is 0 Å². The van der Waals surface area contributed by atoms with Gasteiger partial charge in [0.05, 0.1) is 16.4 Å². The summed E-state index contributed by atoms with van der Waals surface area (Å²) in [5.74, 6) is 0. The summed E-state index contributed by atoms with van der Waals surface area (Å²) in [5.41, 5.74) is 1.95. The van der Waals surface area contributed by atoms with Gasteiger partial charge in [0, 0.05) is 13.6 Å². The second-order valence-corrected chi connectivity index (χ2v) is 3.13. The first kappa shape index (κ1) is 9.55. The standard InChI is InChI=1S/C8H14ClN3/c1-4-10-5-7-8(9)6(2)12(3)11-7/h10H,4-5H2,1-3H3. The smallest absolute Gasteiger partial charge is 0.0951 e. The summed E-state index contributed by atoms with van der Waals surface area (Å²) in [6.45, 7) is 5.71. The van der Waals surface area contributed by atoms with Gasteiger partial charge in [0.15, 0.2) is 0 Å². The first-order valence-corrected chi connectivity index (χ1v) is 4.43. The van der Waals surface area contributed by atoms with Gasteiger partial charge in [-0.2, -0.15) is 5.10 Å². The van der Waals surface area contributed by atoms with Gasteiger partial charge in [-0.1, -0.05) is 18.5 Å². The molecule has 0 aliphatic rings. The van der Waals surface area contributed by atoms with E-state index in [0.29, 0.717) is 0 Å². The normalized spacial score (nSPS) is 10.7. The van der Waals surface area contributed by atoms with E-state index in [1.165, 1.54) is 0 Å². The molecule has 0 aromatic carbocycles. The molecule has 1 aromatic rings. The molecular formula is C8H14ClN3. The Balaban J connectivity index is 2.79. The van der Waals surface area contributed by atoms with E-state index in [1.54, 1.807) is 4.68 Å². The number of aryl methyl sites for hydroxylation is 1. The number of nitrogens with zero attached hydrogens (tertiary/aromatic N) is 2. The third kappa shape index (κ3) is 1.79. The minimum atomic E-state index is 0.747. The van der Waals surface area contributed by atoms with Crippen molar-refractivity contribution in [1.82, 2.24) is 15.1 Å². The maximum Gasteiger partial charge on any atom is 0.0951 e. The lowest BCUT2D eigenvalue weighted by Gasteiger charge is -1.96. The van der Waals surface area contributed by atoms with Crippen LogP contribution in [0.15, 0.2) is 0 Å². The molecule has 1 N–H and O–H groups in total. The lowest BCUT2D eigenvalue weighted by Crippen LogP contribution is -2.12. The van der Waals surface area contributed by atoms with Crippen molar-refractivity contribution in [2.24, 2.45) is 7.05 Å². The molecule has 68 valence electrons. The minimum absolute atomic E-state index is 0.747. The van der Waals surface area contributed by atoms with Crippen LogP contribution in [0, 0.1) is 6.92 Å². The van der Waals surface area contributed by atoms with Gasteiger partial charge in [0.25, 0.3) is 0 Å².